The largest absolute Gasteiger partial charge is 0.461 e. The highest BCUT2D eigenvalue weighted by Crippen LogP contribution is 2.60. The number of hydrogen-bond donors (Lipinski definition) is 1. The van der Waals surface area contributed by atoms with Gasteiger partial charge in [-0.25, -0.2) is 0 Å². The first-order valence-electron chi connectivity index (χ1n) is 5.39. The van der Waals surface area contributed by atoms with Crippen LogP contribution in [0, 0.1) is 17.3 Å². The van der Waals surface area contributed by atoms with Gasteiger partial charge in [0.25, 0.3) is 0 Å². The maximum absolute atomic E-state index is 11.0. The van der Waals surface area contributed by atoms with Gasteiger partial charge in [-0.2, -0.15) is 0 Å². The van der Waals surface area contributed by atoms with Gasteiger partial charge in [-0.05, 0) is 12.3 Å². The molecular weight excluding hydrogens is 192 g/mol. The van der Waals surface area contributed by atoms with E-state index in [-0.39, 0.29) is 29.3 Å². The van der Waals surface area contributed by atoms with E-state index >= 15 is 0 Å². The van der Waals surface area contributed by atoms with Crippen LogP contribution in [0.1, 0.15) is 27.7 Å². The van der Waals surface area contributed by atoms with Crippen molar-refractivity contribution in [1.29, 1.82) is 0 Å². The Labute approximate surface area is 90.1 Å². The van der Waals surface area contributed by atoms with E-state index in [9.17, 15) is 9.90 Å². The van der Waals surface area contributed by atoms with Gasteiger partial charge >= 0.3 is 5.97 Å². The maximum atomic E-state index is 11.0. The lowest BCUT2D eigenvalue weighted by Gasteiger charge is -2.61. The van der Waals surface area contributed by atoms with Crippen LogP contribution in [0.5, 0.6) is 0 Å². The fourth-order valence-electron chi connectivity index (χ4n) is 3.43. The first kappa shape index (κ1) is 10.7. The lowest BCUT2D eigenvalue weighted by molar-refractivity contribution is -0.208. The van der Waals surface area contributed by atoms with Crippen molar-refractivity contribution in [3.63, 3.8) is 0 Å². The fourth-order valence-corrected chi connectivity index (χ4v) is 3.43. The zero-order valence-electron chi connectivity index (χ0n) is 9.65. The molecule has 3 nitrogen and oxygen atoms in total. The third-order valence-electron chi connectivity index (χ3n) is 3.94. The van der Waals surface area contributed by atoms with Gasteiger partial charge in [-0.15, -0.1) is 0 Å². The lowest BCUT2D eigenvalue weighted by Crippen LogP contribution is -2.65. The van der Waals surface area contributed by atoms with E-state index in [1.807, 2.05) is 13.0 Å². The van der Waals surface area contributed by atoms with Crippen molar-refractivity contribution in [3.8, 4) is 0 Å². The molecule has 0 aromatic carbocycles. The summed E-state index contributed by atoms with van der Waals surface area (Å²) in [6, 6.07) is 0. The van der Waals surface area contributed by atoms with Crippen LogP contribution in [0.2, 0.25) is 0 Å². The van der Waals surface area contributed by atoms with Crippen molar-refractivity contribution in [1.82, 2.24) is 0 Å². The van der Waals surface area contributed by atoms with E-state index < -0.39 is 6.10 Å². The Morgan fingerprint density at radius 1 is 1.53 bits per heavy atom. The van der Waals surface area contributed by atoms with Crippen LogP contribution < -0.4 is 0 Å². The predicted molar refractivity (Wildman–Crippen MR) is 56.1 cm³/mol. The van der Waals surface area contributed by atoms with Crippen LogP contribution in [0.4, 0.5) is 0 Å². The molecule has 3 rings (SSSR count). The molecule has 0 amide bonds. The summed E-state index contributed by atoms with van der Waals surface area (Å²) < 4.78 is 5.29. The molecule has 0 saturated heterocycles. The number of carbonyl (C=O) groups is 1. The van der Waals surface area contributed by atoms with E-state index in [4.69, 9.17) is 4.74 Å². The standard InChI is InChI=1S/C12H18O3/c1-6-5-8(14)10-11(15-7(2)13)9(6)12(10,3)4/h5,8-11,14H,1-4H3. The number of fused-ring (bicyclic) bond motifs is 1. The molecule has 4 atom stereocenters. The Kier molecular flexibility index (Phi) is 2.19. The van der Waals surface area contributed by atoms with Crippen LogP contribution in [0.25, 0.3) is 0 Å². The second-order valence-corrected chi connectivity index (χ2v) is 5.30. The van der Waals surface area contributed by atoms with Crippen LogP contribution in [-0.2, 0) is 9.53 Å². The summed E-state index contributed by atoms with van der Waals surface area (Å²) in [7, 11) is 0. The minimum absolute atomic E-state index is 0.0400. The summed E-state index contributed by atoms with van der Waals surface area (Å²) in [4.78, 5) is 11.0. The topological polar surface area (TPSA) is 46.5 Å². The molecule has 0 aromatic rings. The van der Waals surface area contributed by atoms with Gasteiger partial charge in [-0.1, -0.05) is 25.5 Å². The highest BCUT2D eigenvalue weighted by molar-refractivity contribution is 5.66. The minimum atomic E-state index is -0.477. The average molecular weight is 210 g/mol. The molecule has 4 unspecified atom stereocenters. The smallest absolute Gasteiger partial charge is 0.302 e. The number of ether oxygens (including phenoxy) is 1. The molecule has 3 heteroatoms. The molecule has 3 aliphatic rings. The molecule has 0 aromatic heterocycles. The molecule has 0 heterocycles. The van der Waals surface area contributed by atoms with Crippen molar-refractivity contribution >= 4 is 5.97 Å². The highest BCUT2D eigenvalue weighted by Gasteiger charge is 2.63. The minimum Gasteiger partial charge on any atom is -0.461 e. The molecule has 1 saturated carbocycles. The van der Waals surface area contributed by atoms with Crippen LogP contribution in [0.15, 0.2) is 11.6 Å². The van der Waals surface area contributed by atoms with Gasteiger partial charge < -0.3 is 9.84 Å². The number of aliphatic hydroxyl groups is 1. The van der Waals surface area contributed by atoms with Crippen molar-refractivity contribution in [2.75, 3.05) is 0 Å². The number of rotatable bonds is 1. The molecule has 0 aliphatic heterocycles. The molecule has 2 bridgehead atoms. The van der Waals surface area contributed by atoms with Crippen molar-refractivity contribution < 1.29 is 14.6 Å². The molecule has 84 valence electrons. The number of hydrogen-bond acceptors (Lipinski definition) is 3. The lowest BCUT2D eigenvalue weighted by atomic mass is 9.46. The molecular formula is C12H18O3. The summed E-state index contributed by atoms with van der Waals surface area (Å²) in [5, 5.41) is 9.94. The van der Waals surface area contributed by atoms with E-state index in [2.05, 4.69) is 13.8 Å². The Morgan fingerprint density at radius 2 is 2.13 bits per heavy atom. The summed E-state index contributed by atoms with van der Waals surface area (Å²) in [6.45, 7) is 7.68. The van der Waals surface area contributed by atoms with Crippen molar-refractivity contribution in [3.05, 3.63) is 11.6 Å². The zero-order chi connectivity index (χ0) is 11.4. The zero-order valence-corrected chi connectivity index (χ0v) is 9.65. The third-order valence-corrected chi connectivity index (χ3v) is 3.94. The molecule has 15 heavy (non-hydrogen) atoms. The first-order valence-corrected chi connectivity index (χ1v) is 5.39. The Morgan fingerprint density at radius 3 is 2.53 bits per heavy atom. The number of esters is 1. The van der Waals surface area contributed by atoms with Crippen LogP contribution >= 0.6 is 0 Å². The van der Waals surface area contributed by atoms with Gasteiger partial charge in [0, 0.05) is 18.8 Å². The monoisotopic (exact) mass is 210 g/mol. The van der Waals surface area contributed by atoms with Crippen molar-refractivity contribution in [2.24, 2.45) is 17.3 Å². The van der Waals surface area contributed by atoms with Crippen LogP contribution in [-0.4, -0.2) is 23.3 Å². The summed E-state index contributed by atoms with van der Waals surface area (Å²) in [5.74, 6) is 0.0669. The van der Waals surface area contributed by atoms with Gasteiger partial charge in [-0.3, -0.25) is 4.79 Å². The molecule has 1 fully saturated rings. The van der Waals surface area contributed by atoms with Gasteiger partial charge in [0.05, 0.1) is 6.10 Å². The van der Waals surface area contributed by atoms with E-state index in [0.717, 1.165) is 5.57 Å². The second-order valence-electron chi connectivity index (χ2n) is 5.30. The van der Waals surface area contributed by atoms with Gasteiger partial charge in [0.15, 0.2) is 0 Å². The quantitative estimate of drug-likeness (QED) is 0.527. The predicted octanol–water partition coefficient (Wildman–Crippen LogP) is 1.51. The molecule has 1 N–H and O–H groups in total. The Hall–Kier alpha value is -0.830. The Bertz CT molecular complexity index is 330. The fraction of sp³-hybridized carbons (Fsp3) is 0.750. The Balaban J connectivity index is 2.27. The van der Waals surface area contributed by atoms with E-state index in [0.29, 0.717) is 0 Å². The highest BCUT2D eigenvalue weighted by atomic mass is 16.5. The molecule has 3 aliphatic carbocycles. The van der Waals surface area contributed by atoms with Crippen LogP contribution in [0.3, 0.4) is 0 Å². The summed E-state index contributed by atoms with van der Waals surface area (Å²) >= 11 is 0. The van der Waals surface area contributed by atoms with E-state index in [1.165, 1.54) is 6.92 Å². The SMILES string of the molecule is CC(=O)OC1C2C(C)=CC(O)C1C2(C)C. The average Bonchev–Trinajstić information content (AvgIpc) is 1.98. The first-order chi connectivity index (χ1) is 6.85. The number of carbonyl (C=O) groups excluding carboxylic acids is 1. The van der Waals surface area contributed by atoms with Gasteiger partial charge in [0.1, 0.15) is 6.10 Å². The maximum Gasteiger partial charge on any atom is 0.302 e. The molecule has 0 spiro atoms. The third kappa shape index (κ3) is 1.33. The molecule has 0 radical (unpaired) electrons. The normalized spacial score (nSPS) is 41.5. The summed E-state index contributed by atoms with van der Waals surface area (Å²) in [5.41, 5.74) is 1.18. The summed E-state index contributed by atoms with van der Waals surface area (Å²) in [6.07, 6.45) is 1.28. The van der Waals surface area contributed by atoms with Crippen molar-refractivity contribution in [2.45, 2.75) is 39.9 Å². The second kappa shape index (κ2) is 3.08. The number of aliphatic hydroxyl groups excluding tert-OH is 1. The van der Waals surface area contributed by atoms with Gasteiger partial charge in [0.2, 0.25) is 0 Å². The van der Waals surface area contributed by atoms with E-state index in [1.54, 1.807) is 0 Å².